The van der Waals surface area contributed by atoms with Gasteiger partial charge in [-0.25, -0.2) is 0 Å². The SMILES string of the molecule is CCc1ccc(C(=O)C2C3CCCC32)o1. The lowest BCUT2D eigenvalue weighted by atomic mass is 10.1. The van der Waals surface area contributed by atoms with Crippen LogP contribution < -0.4 is 0 Å². The molecule has 3 rings (SSSR count). The summed E-state index contributed by atoms with van der Waals surface area (Å²) in [7, 11) is 0. The molecule has 2 aliphatic rings. The van der Waals surface area contributed by atoms with E-state index in [1.807, 2.05) is 19.1 Å². The molecule has 2 heteroatoms. The predicted octanol–water partition coefficient (Wildman–Crippen LogP) is 3.07. The molecule has 15 heavy (non-hydrogen) atoms. The standard InChI is InChI=1S/C13H16O2/c1-2-8-6-7-11(15-8)13(14)12-9-4-3-5-10(9)12/h6-7,9-10,12H,2-5H2,1H3. The van der Waals surface area contributed by atoms with Crippen molar-refractivity contribution in [3.63, 3.8) is 0 Å². The molecule has 80 valence electrons. The van der Waals surface area contributed by atoms with E-state index in [1.54, 1.807) is 0 Å². The number of carbonyl (C=O) groups is 1. The van der Waals surface area contributed by atoms with Gasteiger partial charge in [0.05, 0.1) is 0 Å². The molecule has 0 aromatic carbocycles. The summed E-state index contributed by atoms with van der Waals surface area (Å²) >= 11 is 0. The van der Waals surface area contributed by atoms with Gasteiger partial charge in [0, 0.05) is 12.3 Å². The Balaban J connectivity index is 1.75. The topological polar surface area (TPSA) is 30.2 Å². The van der Waals surface area contributed by atoms with Crippen molar-refractivity contribution in [2.75, 3.05) is 0 Å². The first-order valence-electron chi connectivity index (χ1n) is 5.94. The van der Waals surface area contributed by atoms with Crippen LogP contribution in [-0.2, 0) is 6.42 Å². The summed E-state index contributed by atoms with van der Waals surface area (Å²) in [4.78, 5) is 12.1. The van der Waals surface area contributed by atoms with Crippen molar-refractivity contribution in [3.05, 3.63) is 23.7 Å². The molecule has 2 nitrogen and oxygen atoms in total. The highest BCUT2D eigenvalue weighted by Gasteiger charge is 2.56. The zero-order valence-corrected chi connectivity index (χ0v) is 9.03. The van der Waals surface area contributed by atoms with Gasteiger partial charge in [0.15, 0.2) is 5.76 Å². The van der Waals surface area contributed by atoms with Crippen molar-refractivity contribution in [1.82, 2.24) is 0 Å². The average Bonchev–Trinajstić information content (AvgIpc) is 2.73. The summed E-state index contributed by atoms with van der Waals surface area (Å²) in [5, 5.41) is 0. The van der Waals surface area contributed by atoms with Crippen LogP contribution in [0.4, 0.5) is 0 Å². The van der Waals surface area contributed by atoms with Crippen LogP contribution in [0.15, 0.2) is 16.5 Å². The minimum Gasteiger partial charge on any atom is -0.458 e. The first kappa shape index (κ1) is 9.20. The predicted molar refractivity (Wildman–Crippen MR) is 56.7 cm³/mol. The highest BCUT2D eigenvalue weighted by Crippen LogP contribution is 2.58. The Morgan fingerprint density at radius 3 is 2.73 bits per heavy atom. The first-order valence-corrected chi connectivity index (χ1v) is 5.94. The van der Waals surface area contributed by atoms with Gasteiger partial charge in [-0.3, -0.25) is 4.79 Å². The number of aryl methyl sites for hydroxylation is 1. The molecule has 0 saturated heterocycles. The summed E-state index contributed by atoms with van der Waals surface area (Å²) in [6.45, 7) is 2.04. The van der Waals surface area contributed by atoms with Gasteiger partial charge in [-0.15, -0.1) is 0 Å². The molecule has 2 atom stereocenters. The maximum atomic E-state index is 12.1. The Morgan fingerprint density at radius 2 is 2.13 bits per heavy atom. The van der Waals surface area contributed by atoms with Crippen molar-refractivity contribution in [2.45, 2.75) is 32.6 Å². The minimum atomic E-state index is 0.254. The molecular formula is C13H16O2. The number of Topliss-reactive ketones (excluding diaryl/α,β-unsaturated/α-hetero) is 1. The summed E-state index contributed by atoms with van der Waals surface area (Å²) < 4.78 is 5.51. The molecule has 1 aromatic rings. The van der Waals surface area contributed by atoms with E-state index in [9.17, 15) is 4.79 Å². The largest absolute Gasteiger partial charge is 0.458 e. The third-order valence-electron chi connectivity index (χ3n) is 3.96. The second-order valence-corrected chi connectivity index (χ2v) is 4.77. The van der Waals surface area contributed by atoms with Crippen molar-refractivity contribution >= 4 is 5.78 Å². The van der Waals surface area contributed by atoms with Crippen LogP contribution in [0.1, 0.15) is 42.5 Å². The van der Waals surface area contributed by atoms with Crippen molar-refractivity contribution < 1.29 is 9.21 Å². The van der Waals surface area contributed by atoms with E-state index in [-0.39, 0.29) is 5.78 Å². The van der Waals surface area contributed by atoms with Crippen LogP contribution in [0.25, 0.3) is 0 Å². The lowest BCUT2D eigenvalue weighted by Gasteiger charge is -1.99. The molecule has 2 saturated carbocycles. The number of furan rings is 1. The Morgan fingerprint density at radius 1 is 1.40 bits per heavy atom. The molecule has 0 spiro atoms. The van der Waals surface area contributed by atoms with Crippen LogP contribution >= 0.6 is 0 Å². The van der Waals surface area contributed by atoms with Crippen LogP contribution in [-0.4, -0.2) is 5.78 Å². The molecule has 0 aliphatic heterocycles. The normalized spacial score (nSPS) is 32.7. The van der Waals surface area contributed by atoms with Gasteiger partial charge in [0.2, 0.25) is 5.78 Å². The minimum absolute atomic E-state index is 0.254. The highest BCUT2D eigenvalue weighted by molar-refractivity contribution is 5.97. The molecule has 0 radical (unpaired) electrons. The van der Waals surface area contributed by atoms with E-state index in [0.29, 0.717) is 23.5 Å². The van der Waals surface area contributed by atoms with Crippen LogP contribution in [0.3, 0.4) is 0 Å². The molecule has 1 aromatic heterocycles. The van der Waals surface area contributed by atoms with Gasteiger partial charge in [-0.05, 0) is 36.8 Å². The van der Waals surface area contributed by atoms with Crippen molar-refractivity contribution in [2.24, 2.45) is 17.8 Å². The zero-order valence-electron chi connectivity index (χ0n) is 9.03. The van der Waals surface area contributed by atoms with Gasteiger partial charge >= 0.3 is 0 Å². The second-order valence-electron chi connectivity index (χ2n) is 4.77. The monoisotopic (exact) mass is 204 g/mol. The molecular weight excluding hydrogens is 188 g/mol. The number of hydrogen-bond acceptors (Lipinski definition) is 2. The van der Waals surface area contributed by atoms with Gasteiger partial charge in [-0.2, -0.15) is 0 Å². The van der Waals surface area contributed by atoms with Gasteiger partial charge in [-0.1, -0.05) is 13.3 Å². The molecule has 1 heterocycles. The van der Waals surface area contributed by atoms with E-state index in [1.165, 1.54) is 19.3 Å². The van der Waals surface area contributed by atoms with Crippen LogP contribution in [0, 0.1) is 17.8 Å². The Hall–Kier alpha value is -1.05. The third kappa shape index (κ3) is 1.35. The number of rotatable bonds is 3. The van der Waals surface area contributed by atoms with Crippen molar-refractivity contribution in [3.8, 4) is 0 Å². The molecule has 0 bridgehead atoms. The van der Waals surface area contributed by atoms with Gasteiger partial charge < -0.3 is 4.42 Å². The lowest BCUT2D eigenvalue weighted by Crippen LogP contribution is -2.04. The Labute approximate surface area is 89.7 Å². The molecule has 2 aliphatic carbocycles. The van der Waals surface area contributed by atoms with Crippen LogP contribution in [0.2, 0.25) is 0 Å². The fourth-order valence-corrected chi connectivity index (χ4v) is 3.08. The van der Waals surface area contributed by atoms with E-state index >= 15 is 0 Å². The van der Waals surface area contributed by atoms with Crippen LogP contribution in [0.5, 0.6) is 0 Å². The number of fused-ring (bicyclic) bond motifs is 1. The van der Waals surface area contributed by atoms with Gasteiger partial charge in [0.25, 0.3) is 0 Å². The maximum absolute atomic E-state index is 12.1. The van der Waals surface area contributed by atoms with E-state index < -0.39 is 0 Å². The van der Waals surface area contributed by atoms with E-state index in [4.69, 9.17) is 4.42 Å². The quantitative estimate of drug-likeness (QED) is 0.708. The molecule has 0 amide bonds. The molecule has 0 N–H and O–H groups in total. The van der Waals surface area contributed by atoms with E-state index in [0.717, 1.165) is 12.2 Å². The highest BCUT2D eigenvalue weighted by atomic mass is 16.3. The summed E-state index contributed by atoms with van der Waals surface area (Å²) in [6.07, 6.45) is 4.69. The fraction of sp³-hybridized carbons (Fsp3) is 0.615. The zero-order chi connectivity index (χ0) is 10.4. The number of hydrogen-bond donors (Lipinski definition) is 0. The first-order chi connectivity index (χ1) is 7.31. The molecule has 2 fully saturated rings. The third-order valence-corrected chi connectivity index (χ3v) is 3.96. The lowest BCUT2D eigenvalue weighted by molar-refractivity contribution is 0.0922. The summed E-state index contributed by atoms with van der Waals surface area (Å²) in [6, 6.07) is 3.76. The Bertz CT molecular complexity index is 381. The van der Waals surface area contributed by atoms with E-state index in [2.05, 4.69) is 0 Å². The number of carbonyl (C=O) groups excluding carboxylic acids is 1. The summed E-state index contributed by atoms with van der Waals surface area (Å²) in [5.74, 6) is 3.44. The molecule has 2 unspecified atom stereocenters. The second kappa shape index (κ2) is 3.22. The average molecular weight is 204 g/mol. The smallest absolute Gasteiger partial charge is 0.201 e. The van der Waals surface area contributed by atoms with Crippen molar-refractivity contribution in [1.29, 1.82) is 0 Å². The Kier molecular flexibility index (Phi) is 1.98. The number of ketones is 1. The maximum Gasteiger partial charge on any atom is 0.201 e. The van der Waals surface area contributed by atoms with Gasteiger partial charge in [0.1, 0.15) is 5.76 Å². The summed E-state index contributed by atoms with van der Waals surface area (Å²) in [5.41, 5.74) is 0. The fourth-order valence-electron chi connectivity index (χ4n) is 3.08.